The quantitative estimate of drug-likeness (QED) is 0.498. The second-order valence-electron chi connectivity index (χ2n) is 7.71. The average Bonchev–Trinajstić information content (AvgIpc) is 3.43. The van der Waals surface area contributed by atoms with Crippen molar-refractivity contribution >= 4 is 11.7 Å². The molecular weight excluding hydrogens is 408 g/mol. The second kappa shape index (κ2) is 8.58. The minimum Gasteiger partial charge on any atom is -0.496 e. The van der Waals surface area contributed by atoms with Gasteiger partial charge in [-0.25, -0.2) is 4.98 Å². The summed E-state index contributed by atoms with van der Waals surface area (Å²) in [7, 11) is 3.39. The molecular formula is C22H24N8O2. The van der Waals surface area contributed by atoms with Crippen LogP contribution in [0.15, 0.2) is 42.7 Å². The lowest BCUT2D eigenvalue weighted by atomic mass is 9.99. The fourth-order valence-corrected chi connectivity index (χ4v) is 3.41. The van der Waals surface area contributed by atoms with Crippen LogP contribution in [0.2, 0.25) is 0 Å². The minimum atomic E-state index is -0.336. The molecule has 3 aromatic heterocycles. The van der Waals surface area contributed by atoms with Gasteiger partial charge in [-0.05, 0) is 52.7 Å². The molecule has 10 heteroatoms. The van der Waals surface area contributed by atoms with Crippen LogP contribution in [-0.2, 0) is 7.05 Å². The molecule has 1 N–H and O–H groups in total. The highest BCUT2D eigenvalue weighted by Gasteiger charge is 2.18. The number of ether oxygens (including phenoxy) is 1. The van der Waals surface area contributed by atoms with E-state index in [1.54, 1.807) is 40.9 Å². The molecule has 0 atom stereocenters. The number of aromatic nitrogens is 7. The number of carbonyl (C=O) groups excluding carboxylic acids is 1. The Hall–Kier alpha value is -4.08. The maximum atomic E-state index is 13.2. The zero-order valence-corrected chi connectivity index (χ0v) is 18.6. The molecule has 4 aromatic rings. The number of carbonyl (C=O) groups is 1. The van der Waals surface area contributed by atoms with Gasteiger partial charge in [0.25, 0.3) is 5.91 Å². The van der Waals surface area contributed by atoms with Gasteiger partial charge in [-0.2, -0.15) is 9.78 Å². The van der Waals surface area contributed by atoms with Gasteiger partial charge in [-0.15, -0.1) is 5.10 Å². The number of anilines is 1. The summed E-state index contributed by atoms with van der Waals surface area (Å²) in [6, 6.07) is 8.94. The summed E-state index contributed by atoms with van der Waals surface area (Å²) >= 11 is 0. The number of nitrogens with one attached hydrogen (secondary N) is 1. The molecule has 10 nitrogen and oxygen atoms in total. The molecule has 0 aliphatic rings. The van der Waals surface area contributed by atoms with Crippen LogP contribution in [0.1, 0.15) is 41.5 Å². The molecule has 0 unspecified atom stereocenters. The number of benzene rings is 1. The molecule has 1 aromatic carbocycles. The summed E-state index contributed by atoms with van der Waals surface area (Å²) in [5.41, 5.74) is 3.20. The van der Waals surface area contributed by atoms with E-state index in [9.17, 15) is 4.79 Å². The van der Waals surface area contributed by atoms with E-state index in [1.807, 2.05) is 46.1 Å². The third-order valence-corrected chi connectivity index (χ3v) is 5.01. The topological polar surface area (TPSA) is 113 Å². The van der Waals surface area contributed by atoms with Crippen LogP contribution in [0.25, 0.3) is 16.9 Å². The molecule has 0 saturated carbocycles. The lowest BCUT2D eigenvalue weighted by Gasteiger charge is -2.13. The van der Waals surface area contributed by atoms with Gasteiger partial charge >= 0.3 is 0 Å². The van der Waals surface area contributed by atoms with Gasteiger partial charge < -0.3 is 10.1 Å². The fourth-order valence-electron chi connectivity index (χ4n) is 3.41. The molecule has 0 radical (unpaired) electrons. The van der Waals surface area contributed by atoms with Crippen LogP contribution in [0.5, 0.6) is 5.75 Å². The highest BCUT2D eigenvalue weighted by molar-refractivity contribution is 6.06. The third kappa shape index (κ3) is 4.07. The first kappa shape index (κ1) is 21.2. The van der Waals surface area contributed by atoms with E-state index in [1.165, 1.54) is 0 Å². The Balaban J connectivity index is 1.66. The van der Waals surface area contributed by atoms with Gasteiger partial charge in [-0.3, -0.25) is 9.48 Å². The van der Waals surface area contributed by atoms with Crippen LogP contribution >= 0.6 is 0 Å². The van der Waals surface area contributed by atoms with Crippen molar-refractivity contribution in [1.29, 1.82) is 0 Å². The van der Waals surface area contributed by atoms with Crippen LogP contribution in [0.3, 0.4) is 0 Å². The zero-order chi connectivity index (χ0) is 22.8. The van der Waals surface area contributed by atoms with Crippen molar-refractivity contribution in [3.8, 4) is 22.7 Å². The molecule has 4 rings (SSSR count). The summed E-state index contributed by atoms with van der Waals surface area (Å²) in [5, 5.41) is 18.9. The van der Waals surface area contributed by atoms with Crippen molar-refractivity contribution < 1.29 is 9.53 Å². The van der Waals surface area contributed by atoms with Crippen molar-refractivity contribution in [2.75, 3.05) is 12.4 Å². The Morgan fingerprint density at radius 2 is 2.03 bits per heavy atom. The van der Waals surface area contributed by atoms with E-state index in [0.717, 1.165) is 16.7 Å². The molecule has 0 bridgehead atoms. The summed E-state index contributed by atoms with van der Waals surface area (Å²) in [6.45, 7) is 5.96. The van der Waals surface area contributed by atoms with Gasteiger partial charge in [0, 0.05) is 24.7 Å². The molecule has 1 amide bonds. The standard InChI is InChI=1S/C22H24N8O2/c1-13(2)21-26-27-28-30(21)20-8-6-7-19(24-20)25-22(31)17-10-16(14(3)9-18(17)32-5)15-11-23-29(4)12-15/h6-13H,1-5H3,(H,24,25,31). The van der Waals surface area contributed by atoms with Crippen molar-refractivity contribution in [1.82, 2.24) is 35.0 Å². The smallest absolute Gasteiger partial charge is 0.260 e. The molecule has 0 fully saturated rings. The number of rotatable bonds is 6. The summed E-state index contributed by atoms with van der Waals surface area (Å²) in [5.74, 6) is 1.84. The predicted octanol–water partition coefficient (Wildman–Crippen LogP) is 3.15. The number of pyridine rings is 1. The van der Waals surface area contributed by atoms with Crippen molar-refractivity contribution in [3.05, 3.63) is 59.7 Å². The van der Waals surface area contributed by atoms with Gasteiger partial charge in [-0.1, -0.05) is 19.9 Å². The Labute approximate surface area is 185 Å². The number of nitrogens with zero attached hydrogens (tertiary/aromatic N) is 7. The van der Waals surface area contributed by atoms with Crippen LogP contribution < -0.4 is 10.1 Å². The highest BCUT2D eigenvalue weighted by atomic mass is 16.5. The van der Waals surface area contributed by atoms with Gasteiger partial charge in [0.15, 0.2) is 11.6 Å². The second-order valence-corrected chi connectivity index (χ2v) is 7.71. The average molecular weight is 432 g/mol. The molecule has 0 spiro atoms. The number of tetrazole rings is 1. The van der Waals surface area contributed by atoms with E-state index in [4.69, 9.17) is 4.74 Å². The zero-order valence-electron chi connectivity index (χ0n) is 18.6. The normalized spacial score (nSPS) is 11.1. The largest absolute Gasteiger partial charge is 0.496 e. The van der Waals surface area contributed by atoms with Crippen molar-refractivity contribution in [3.63, 3.8) is 0 Å². The monoisotopic (exact) mass is 432 g/mol. The van der Waals surface area contributed by atoms with Gasteiger partial charge in [0.1, 0.15) is 11.6 Å². The Bertz CT molecular complexity index is 1270. The molecule has 0 aliphatic heterocycles. The lowest BCUT2D eigenvalue weighted by Crippen LogP contribution is -2.16. The predicted molar refractivity (Wildman–Crippen MR) is 119 cm³/mol. The van der Waals surface area contributed by atoms with E-state index < -0.39 is 0 Å². The first-order valence-electron chi connectivity index (χ1n) is 10.1. The van der Waals surface area contributed by atoms with E-state index >= 15 is 0 Å². The van der Waals surface area contributed by atoms with E-state index in [-0.39, 0.29) is 11.8 Å². The summed E-state index contributed by atoms with van der Waals surface area (Å²) < 4.78 is 8.76. The van der Waals surface area contributed by atoms with Gasteiger partial charge in [0.05, 0.1) is 18.9 Å². The maximum absolute atomic E-state index is 13.2. The van der Waals surface area contributed by atoms with E-state index in [0.29, 0.717) is 28.8 Å². The molecule has 0 saturated heterocycles. The fraction of sp³-hybridized carbons (Fsp3) is 0.273. The number of methoxy groups -OCH3 is 1. The van der Waals surface area contributed by atoms with Crippen LogP contribution in [0.4, 0.5) is 5.82 Å². The van der Waals surface area contributed by atoms with Crippen molar-refractivity contribution in [2.24, 2.45) is 7.05 Å². The summed E-state index contributed by atoms with van der Waals surface area (Å²) in [6.07, 6.45) is 3.67. The molecule has 3 heterocycles. The van der Waals surface area contributed by atoms with E-state index in [2.05, 4.69) is 30.9 Å². The Morgan fingerprint density at radius 1 is 1.22 bits per heavy atom. The SMILES string of the molecule is COc1cc(C)c(-c2cnn(C)c2)cc1C(=O)Nc1cccc(-n2nnnc2C(C)C)n1. The first-order valence-corrected chi connectivity index (χ1v) is 10.1. The number of hydrogen-bond donors (Lipinski definition) is 1. The first-order chi connectivity index (χ1) is 15.4. The minimum absolute atomic E-state index is 0.118. The van der Waals surface area contributed by atoms with Crippen molar-refractivity contribution in [2.45, 2.75) is 26.7 Å². The van der Waals surface area contributed by atoms with Crippen LogP contribution in [0, 0.1) is 6.92 Å². The lowest BCUT2D eigenvalue weighted by molar-refractivity contribution is 0.102. The third-order valence-electron chi connectivity index (χ3n) is 5.01. The number of hydrogen-bond acceptors (Lipinski definition) is 7. The Morgan fingerprint density at radius 3 is 2.72 bits per heavy atom. The summed E-state index contributed by atoms with van der Waals surface area (Å²) in [4.78, 5) is 17.7. The molecule has 0 aliphatic carbocycles. The highest BCUT2D eigenvalue weighted by Crippen LogP contribution is 2.31. The number of amides is 1. The Kier molecular flexibility index (Phi) is 5.67. The molecule has 32 heavy (non-hydrogen) atoms. The van der Waals surface area contributed by atoms with Crippen LogP contribution in [-0.4, -0.2) is 48.0 Å². The number of aryl methyl sites for hydroxylation is 2. The molecule has 164 valence electrons. The maximum Gasteiger partial charge on any atom is 0.260 e. The van der Waals surface area contributed by atoms with Gasteiger partial charge in [0.2, 0.25) is 0 Å².